The Kier molecular flexibility index (Phi) is 7.69. The van der Waals surface area contributed by atoms with Crippen LogP contribution in [0.4, 0.5) is 0 Å². The van der Waals surface area contributed by atoms with Crippen molar-refractivity contribution in [3.05, 3.63) is 29.8 Å². The third-order valence-corrected chi connectivity index (χ3v) is 4.24. The minimum absolute atomic E-state index is 0. The van der Waals surface area contributed by atoms with Crippen LogP contribution in [0.5, 0.6) is 5.75 Å². The summed E-state index contributed by atoms with van der Waals surface area (Å²) < 4.78 is 5.81. The first-order valence-corrected chi connectivity index (χ1v) is 7.85. The van der Waals surface area contributed by atoms with Crippen LogP contribution in [0, 0.1) is 0 Å². The van der Waals surface area contributed by atoms with E-state index in [1.165, 1.54) is 5.56 Å². The van der Waals surface area contributed by atoms with Gasteiger partial charge in [-0.25, -0.2) is 0 Å². The molecule has 2 rings (SSSR count). The van der Waals surface area contributed by atoms with Gasteiger partial charge in [0.2, 0.25) is 0 Å². The molecule has 124 valence electrons. The van der Waals surface area contributed by atoms with Gasteiger partial charge >= 0.3 is 0 Å². The third kappa shape index (κ3) is 4.62. The summed E-state index contributed by atoms with van der Waals surface area (Å²) in [7, 11) is 0. The molecule has 1 heterocycles. The maximum atomic E-state index is 12.3. The number of piperazine rings is 1. The molecule has 4 nitrogen and oxygen atoms in total. The van der Waals surface area contributed by atoms with E-state index in [1.54, 1.807) is 0 Å². The molecular formula is C17H27ClN2O2. The van der Waals surface area contributed by atoms with Crippen molar-refractivity contribution in [2.45, 2.75) is 39.2 Å². The second kappa shape index (κ2) is 9.01. The van der Waals surface area contributed by atoms with Crippen molar-refractivity contribution in [2.75, 3.05) is 26.2 Å². The topological polar surface area (TPSA) is 41.6 Å². The Morgan fingerprint density at radius 3 is 2.86 bits per heavy atom. The molecule has 1 aromatic carbocycles. The van der Waals surface area contributed by atoms with Gasteiger partial charge in [-0.1, -0.05) is 32.0 Å². The Bertz CT molecular complexity index is 481. The number of rotatable bonds is 5. The van der Waals surface area contributed by atoms with Gasteiger partial charge in [0, 0.05) is 25.7 Å². The first-order valence-electron chi connectivity index (χ1n) is 7.85. The van der Waals surface area contributed by atoms with Crippen LogP contribution in [-0.2, 0) is 4.79 Å². The molecule has 1 aliphatic rings. The lowest BCUT2D eigenvalue weighted by Crippen LogP contribution is -2.53. The number of hydrogen-bond donors (Lipinski definition) is 1. The summed E-state index contributed by atoms with van der Waals surface area (Å²) in [6, 6.07) is 8.25. The predicted molar refractivity (Wildman–Crippen MR) is 91.9 cm³/mol. The fourth-order valence-corrected chi connectivity index (χ4v) is 2.67. The smallest absolute Gasteiger partial charge is 0.260 e. The van der Waals surface area contributed by atoms with Gasteiger partial charge in [-0.2, -0.15) is 0 Å². The lowest BCUT2D eigenvalue weighted by atomic mass is 9.98. The van der Waals surface area contributed by atoms with Crippen molar-refractivity contribution in [1.29, 1.82) is 0 Å². The van der Waals surface area contributed by atoms with Crippen molar-refractivity contribution >= 4 is 18.3 Å². The summed E-state index contributed by atoms with van der Waals surface area (Å²) in [5.74, 6) is 1.35. The number of amides is 1. The van der Waals surface area contributed by atoms with E-state index in [9.17, 15) is 4.79 Å². The average Bonchev–Trinajstić information content (AvgIpc) is 2.52. The molecule has 0 radical (unpaired) electrons. The summed E-state index contributed by atoms with van der Waals surface area (Å²) in [6.07, 6.45) is 1.06. The van der Waals surface area contributed by atoms with Gasteiger partial charge in [0.1, 0.15) is 5.75 Å². The van der Waals surface area contributed by atoms with E-state index in [-0.39, 0.29) is 31.0 Å². The highest BCUT2D eigenvalue weighted by Gasteiger charge is 2.23. The standard InChI is InChI=1S/C17H26N2O2.ClH/c1-4-13(2)15-7-5-6-8-16(15)21-12-17(20)19-10-9-18-11-14(19)3;/h5-8,13-14,18H,4,9-12H2,1-3H3;1H/t13?,14-;/m1./s1. The zero-order valence-electron chi connectivity index (χ0n) is 13.7. The fraction of sp³-hybridized carbons (Fsp3) is 0.588. The van der Waals surface area contributed by atoms with Crippen LogP contribution in [0.3, 0.4) is 0 Å². The first kappa shape index (κ1) is 18.8. The van der Waals surface area contributed by atoms with E-state index in [2.05, 4.69) is 32.2 Å². The zero-order chi connectivity index (χ0) is 15.2. The number of ether oxygens (including phenoxy) is 1. The van der Waals surface area contributed by atoms with E-state index in [1.807, 2.05) is 23.1 Å². The van der Waals surface area contributed by atoms with Crippen LogP contribution in [-0.4, -0.2) is 43.1 Å². The summed E-state index contributed by atoms with van der Waals surface area (Å²) >= 11 is 0. The molecule has 1 aromatic rings. The highest BCUT2D eigenvalue weighted by atomic mass is 35.5. The summed E-state index contributed by atoms with van der Waals surface area (Å²) in [5, 5.41) is 3.29. The molecule has 1 N–H and O–H groups in total. The SMILES string of the molecule is CCC(C)c1ccccc1OCC(=O)N1CCNC[C@H]1C.Cl. The second-order valence-electron chi connectivity index (χ2n) is 5.78. The van der Waals surface area contributed by atoms with Gasteiger partial charge in [-0.05, 0) is 30.9 Å². The number of carbonyl (C=O) groups is 1. The highest BCUT2D eigenvalue weighted by molar-refractivity contribution is 5.85. The molecule has 1 unspecified atom stereocenters. The van der Waals surface area contributed by atoms with E-state index < -0.39 is 0 Å². The molecule has 5 heteroatoms. The van der Waals surface area contributed by atoms with E-state index in [0.29, 0.717) is 5.92 Å². The van der Waals surface area contributed by atoms with Crippen LogP contribution in [0.25, 0.3) is 0 Å². The lowest BCUT2D eigenvalue weighted by molar-refractivity contribution is -0.136. The molecule has 0 spiro atoms. The van der Waals surface area contributed by atoms with Gasteiger partial charge in [-0.15, -0.1) is 12.4 Å². The highest BCUT2D eigenvalue weighted by Crippen LogP contribution is 2.28. The van der Waals surface area contributed by atoms with Crippen molar-refractivity contribution in [3.63, 3.8) is 0 Å². The molecular weight excluding hydrogens is 300 g/mol. The maximum Gasteiger partial charge on any atom is 0.260 e. The summed E-state index contributed by atoms with van der Waals surface area (Å²) in [5.41, 5.74) is 1.18. The number of hydrogen-bond acceptors (Lipinski definition) is 3. The molecule has 1 saturated heterocycles. The Morgan fingerprint density at radius 1 is 1.45 bits per heavy atom. The molecule has 1 aliphatic heterocycles. The van der Waals surface area contributed by atoms with E-state index in [4.69, 9.17) is 4.74 Å². The average molecular weight is 327 g/mol. The van der Waals surface area contributed by atoms with E-state index in [0.717, 1.165) is 31.8 Å². The summed E-state index contributed by atoms with van der Waals surface area (Å²) in [4.78, 5) is 14.2. The quantitative estimate of drug-likeness (QED) is 0.904. The van der Waals surface area contributed by atoms with Gasteiger partial charge < -0.3 is 15.0 Å². The minimum atomic E-state index is 0. The van der Waals surface area contributed by atoms with Crippen LogP contribution in [0.2, 0.25) is 0 Å². The van der Waals surface area contributed by atoms with Crippen LogP contribution < -0.4 is 10.1 Å². The van der Waals surface area contributed by atoms with Crippen molar-refractivity contribution < 1.29 is 9.53 Å². The minimum Gasteiger partial charge on any atom is -0.483 e. The molecule has 0 aromatic heterocycles. The summed E-state index contributed by atoms with van der Waals surface area (Å²) in [6.45, 7) is 9.01. The predicted octanol–water partition coefficient (Wildman–Crippen LogP) is 2.82. The number of carbonyl (C=O) groups excluding carboxylic acids is 1. The number of nitrogens with one attached hydrogen (secondary N) is 1. The maximum absolute atomic E-state index is 12.3. The molecule has 22 heavy (non-hydrogen) atoms. The van der Waals surface area contributed by atoms with Crippen LogP contribution in [0.15, 0.2) is 24.3 Å². The second-order valence-corrected chi connectivity index (χ2v) is 5.78. The van der Waals surface area contributed by atoms with Gasteiger partial charge in [0.25, 0.3) is 5.91 Å². The normalized spacial score (nSPS) is 19.2. The Labute approximate surface area is 139 Å². The number of nitrogens with zero attached hydrogens (tertiary/aromatic N) is 1. The largest absolute Gasteiger partial charge is 0.483 e. The molecule has 0 bridgehead atoms. The van der Waals surface area contributed by atoms with Crippen LogP contribution >= 0.6 is 12.4 Å². The number of para-hydroxylation sites is 1. The van der Waals surface area contributed by atoms with Gasteiger partial charge in [-0.3, -0.25) is 4.79 Å². The Hall–Kier alpha value is -1.26. The molecule has 1 amide bonds. The van der Waals surface area contributed by atoms with Crippen molar-refractivity contribution in [3.8, 4) is 5.75 Å². The molecule has 0 aliphatic carbocycles. The van der Waals surface area contributed by atoms with Gasteiger partial charge in [0.15, 0.2) is 6.61 Å². The van der Waals surface area contributed by atoms with Gasteiger partial charge in [0.05, 0.1) is 0 Å². The monoisotopic (exact) mass is 326 g/mol. The number of benzene rings is 1. The molecule has 0 saturated carbocycles. The molecule has 2 atom stereocenters. The van der Waals surface area contributed by atoms with Crippen molar-refractivity contribution in [2.24, 2.45) is 0 Å². The lowest BCUT2D eigenvalue weighted by Gasteiger charge is -2.34. The fourth-order valence-electron chi connectivity index (χ4n) is 2.67. The first-order chi connectivity index (χ1) is 10.1. The Balaban J connectivity index is 0.00000242. The zero-order valence-corrected chi connectivity index (χ0v) is 14.5. The molecule has 1 fully saturated rings. The number of halogens is 1. The van der Waals surface area contributed by atoms with E-state index >= 15 is 0 Å². The Morgan fingerprint density at radius 2 is 2.18 bits per heavy atom. The third-order valence-electron chi connectivity index (χ3n) is 4.24. The van der Waals surface area contributed by atoms with Crippen LogP contribution in [0.1, 0.15) is 38.7 Å². The van der Waals surface area contributed by atoms with Crippen molar-refractivity contribution in [1.82, 2.24) is 10.2 Å².